The molecule has 4 heteroatoms. The molecular weight excluding hydrogens is 320 g/mol. The Bertz CT molecular complexity index is 685. The Morgan fingerprint density at radius 2 is 1.92 bits per heavy atom. The van der Waals surface area contributed by atoms with Crippen LogP contribution in [-0.2, 0) is 4.74 Å². The summed E-state index contributed by atoms with van der Waals surface area (Å²) >= 11 is 6.09. The molecule has 0 radical (unpaired) electrons. The molecule has 0 amide bonds. The van der Waals surface area contributed by atoms with Crippen LogP contribution in [0.5, 0.6) is 0 Å². The number of halogens is 1. The first kappa shape index (κ1) is 17.3. The smallest absolute Gasteiger partial charge is 0.0718 e. The summed E-state index contributed by atoms with van der Waals surface area (Å²) in [6.45, 7) is 6.92. The van der Waals surface area contributed by atoms with Crippen molar-refractivity contribution in [2.45, 2.75) is 25.9 Å². The molecule has 2 aromatic carbocycles. The van der Waals surface area contributed by atoms with E-state index in [0.717, 1.165) is 18.1 Å². The van der Waals surface area contributed by atoms with Gasteiger partial charge in [0.15, 0.2) is 0 Å². The average Bonchev–Trinajstić information content (AvgIpc) is 2.56. The number of aryl methyl sites for hydroxylation is 2. The maximum Gasteiger partial charge on any atom is 0.0718 e. The number of hydrogen-bond donors (Lipinski definition) is 1. The highest BCUT2D eigenvalue weighted by atomic mass is 35.5. The SMILES string of the molecule is COCC1NCCN(c2ccc(C)cc2C)C1c1ccc(Cl)cc1. The van der Waals surface area contributed by atoms with Crippen LogP contribution < -0.4 is 10.2 Å². The van der Waals surface area contributed by atoms with Crippen molar-refractivity contribution in [1.29, 1.82) is 0 Å². The molecule has 1 fully saturated rings. The summed E-state index contributed by atoms with van der Waals surface area (Å²) in [5.74, 6) is 0. The molecule has 0 aromatic heterocycles. The fourth-order valence-electron chi connectivity index (χ4n) is 3.64. The van der Waals surface area contributed by atoms with Crippen LogP contribution in [0.2, 0.25) is 5.02 Å². The van der Waals surface area contributed by atoms with Gasteiger partial charge < -0.3 is 15.0 Å². The third kappa shape index (κ3) is 3.59. The van der Waals surface area contributed by atoms with Crippen molar-refractivity contribution in [3.63, 3.8) is 0 Å². The highest BCUT2D eigenvalue weighted by Crippen LogP contribution is 2.34. The van der Waals surface area contributed by atoms with E-state index in [1.165, 1.54) is 22.4 Å². The molecule has 0 bridgehead atoms. The molecule has 1 aliphatic heterocycles. The summed E-state index contributed by atoms with van der Waals surface area (Å²) < 4.78 is 5.48. The number of methoxy groups -OCH3 is 1. The van der Waals surface area contributed by atoms with E-state index in [9.17, 15) is 0 Å². The van der Waals surface area contributed by atoms with E-state index in [1.807, 2.05) is 12.1 Å². The average molecular weight is 345 g/mol. The van der Waals surface area contributed by atoms with E-state index in [1.54, 1.807) is 7.11 Å². The van der Waals surface area contributed by atoms with Crippen molar-refractivity contribution >= 4 is 17.3 Å². The number of benzene rings is 2. The van der Waals surface area contributed by atoms with Crippen molar-refractivity contribution in [3.8, 4) is 0 Å². The fraction of sp³-hybridized carbons (Fsp3) is 0.400. The molecule has 3 nitrogen and oxygen atoms in total. The Morgan fingerprint density at radius 1 is 1.17 bits per heavy atom. The Hall–Kier alpha value is -1.55. The Morgan fingerprint density at radius 3 is 2.58 bits per heavy atom. The first-order valence-electron chi connectivity index (χ1n) is 8.42. The summed E-state index contributed by atoms with van der Waals surface area (Å²) in [4.78, 5) is 2.50. The molecule has 1 saturated heterocycles. The van der Waals surface area contributed by atoms with Gasteiger partial charge in [0.05, 0.1) is 18.7 Å². The van der Waals surface area contributed by atoms with Gasteiger partial charge in [0.25, 0.3) is 0 Å². The zero-order valence-corrected chi connectivity index (χ0v) is 15.3. The lowest BCUT2D eigenvalue weighted by Gasteiger charge is -2.44. The van der Waals surface area contributed by atoms with Gasteiger partial charge in [0.1, 0.15) is 0 Å². The lowest BCUT2D eigenvalue weighted by molar-refractivity contribution is 0.146. The number of rotatable bonds is 4. The third-order valence-corrected chi connectivity index (χ3v) is 4.95. The molecule has 1 heterocycles. The Labute approximate surface area is 149 Å². The normalized spacial score (nSPS) is 21.1. The molecule has 128 valence electrons. The van der Waals surface area contributed by atoms with E-state index >= 15 is 0 Å². The number of piperazine rings is 1. The minimum atomic E-state index is 0.220. The van der Waals surface area contributed by atoms with Crippen molar-refractivity contribution in [2.24, 2.45) is 0 Å². The highest BCUT2D eigenvalue weighted by molar-refractivity contribution is 6.30. The number of hydrogen-bond acceptors (Lipinski definition) is 3. The van der Waals surface area contributed by atoms with Crippen LogP contribution in [0.25, 0.3) is 0 Å². The molecule has 0 spiro atoms. The first-order valence-corrected chi connectivity index (χ1v) is 8.79. The van der Waals surface area contributed by atoms with Gasteiger partial charge in [-0.3, -0.25) is 0 Å². The monoisotopic (exact) mass is 344 g/mol. The van der Waals surface area contributed by atoms with Crippen LogP contribution in [0.15, 0.2) is 42.5 Å². The van der Waals surface area contributed by atoms with Crippen LogP contribution in [-0.4, -0.2) is 32.8 Å². The summed E-state index contributed by atoms with van der Waals surface area (Å²) in [6.07, 6.45) is 0. The van der Waals surface area contributed by atoms with Crippen LogP contribution in [0, 0.1) is 13.8 Å². The molecule has 2 aromatic rings. The number of nitrogens with zero attached hydrogens (tertiary/aromatic N) is 1. The lowest BCUT2D eigenvalue weighted by Crippen LogP contribution is -2.54. The summed E-state index contributed by atoms with van der Waals surface area (Å²) in [5, 5.41) is 4.38. The zero-order valence-electron chi connectivity index (χ0n) is 14.6. The van der Waals surface area contributed by atoms with Gasteiger partial charge >= 0.3 is 0 Å². The van der Waals surface area contributed by atoms with Gasteiger partial charge in [0, 0.05) is 30.9 Å². The quantitative estimate of drug-likeness (QED) is 0.902. The third-order valence-electron chi connectivity index (χ3n) is 4.70. The van der Waals surface area contributed by atoms with E-state index in [-0.39, 0.29) is 12.1 Å². The number of ether oxygens (including phenoxy) is 1. The van der Waals surface area contributed by atoms with Gasteiger partial charge in [-0.05, 0) is 43.2 Å². The molecule has 0 saturated carbocycles. The van der Waals surface area contributed by atoms with Gasteiger partial charge in [-0.25, -0.2) is 0 Å². The summed E-state index contributed by atoms with van der Waals surface area (Å²) in [6, 6.07) is 15.3. The molecule has 2 atom stereocenters. The van der Waals surface area contributed by atoms with Gasteiger partial charge in [-0.15, -0.1) is 0 Å². The van der Waals surface area contributed by atoms with Gasteiger partial charge in [-0.2, -0.15) is 0 Å². The standard InChI is InChI=1S/C20H25ClN2O/c1-14-4-9-19(15(2)12-14)23-11-10-22-18(13-24-3)20(23)16-5-7-17(21)8-6-16/h4-9,12,18,20,22H,10-11,13H2,1-3H3. The van der Waals surface area contributed by atoms with Crippen molar-refractivity contribution in [3.05, 3.63) is 64.2 Å². The molecule has 24 heavy (non-hydrogen) atoms. The maximum atomic E-state index is 6.09. The van der Waals surface area contributed by atoms with Crippen LogP contribution >= 0.6 is 11.6 Å². The predicted octanol–water partition coefficient (Wildman–Crippen LogP) is 4.12. The molecule has 2 unspecified atom stereocenters. The van der Waals surface area contributed by atoms with E-state index in [2.05, 4.69) is 54.4 Å². The minimum absolute atomic E-state index is 0.220. The molecule has 0 aliphatic carbocycles. The summed E-state index contributed by atoms with van der Waals surface area (Å²) in [7, 11) is 1.76. The second-order valence-electron chi connectivity index (χ2n) is 6.50. The fourth-order valence-corrected chi connectivity index (χ4v) is 3.76. The molecule has 1 N–H and O–H groups in total. The predicted molar refractivity (Wildman–Crippen MR) is 101 cm³/mol. The molecule has 3 rings (SSSR count). The maximum absolute atomic E-state index is 6.09. The van der Waals surface area contributed by atoms with Crippen LogP contribution in [0.4, 0.5) is 5.69 Å². The van der Waals surface area contributed by atoms with E-state index < -0.39 is 0 Å². The largest absolute Gasteiger partial charge is 0.383 e. The van der Waals surface area contributed by atoms with E-state index in [0.29, 0.717) is 6.61 Å². The van der Waals surface area contributed by atoms with Crippen molar-refractivity contribution in [2.75, 3.05) is 31.7 Å². The lowest BCUT2D eigenvalue weighted by atomic mass is 9.94. The topological polar surface area (TPSA) is 24.5 Å². The summed E-state index contributed by atoms with van der Waals surface area (Å²) in [5.41, 5.74) is 5.16. The Kier molecular flexibility index (Phi) is 5.44. The molecule has 1 aliphatic rings. The van der Waals surface area contributed by atoms with E-state index in [4.69, 9.17) is 16.3 Å². The minimum Gasteiger partial charge on any atom is -0.383 e. The Balaban J connectivity index is 2.02. The van der Waals surface area contributed by atoms with Crippen molar-refractivity contribution < 1.29 is 4.74 Å². The van der Waals surface area contributed by atoms with Crippen molar-refractivity contribution in [1.82, 2.24) is 5.32 Å². The second kappa shape index (κ2) is 7.56. The number of anilines is 1. The highest BCUT2D eigenvalue weighted by Gasteiger charge is 2.33. The van der Waals surface area contributed by atoms with Gasteiger partial charge in [-0.1, -0.05) is 41.4 Å². The molecular formula is C20H25ClN2O. The zero-order chi connectivity index (χ0) is 17.1. The first-order chi connectivity index (χ1) is 11.6. The van der Waals surface area contributed by atoms with Gasteiger partial charge in [0.2, 0.25) is 0 Å². The number of nitrogens with one attached hydrogen (secondary N) is 1. The van der Waals surface area contributed by atoms with Crippen LogP contribution in [0.3, 0.4) is 0 Å². The second-order valence-corrected chi connectivity index (χ2v) is 6.93. The van der Waals surface area contributed by atoms with Crippen LogP contribution in [0.1, 0.15) is 22.7 Å².